The lowest BCUT2D eigenvalue weighted by Gasteiger charge is -2.25. The monoisotopic (exact) mass is 388 g/mol. The Morgan fingerprint density at radius 3 is 2.61 bits per heavy atom. The molecule has 0 bridgehead atoms. The third kappa shape index (κ3) is 5.70. The van der Waals surface area contributed by atoms with Gasteiger partial charge in [-0.3, -0.25) is 0 Å². The van der Waals surface area contributed by atoms with Crippen molar-refractivity contribution >= 4 is 23.5 Å². The van der Waals surface area contributed by atoms with E-state index in [1.54, 1.807) is 18.4 Å². The van der Waals surface area contributed by atoms with E-state index in [4.69, 9.17) is 11.5 Å². The lowest BCUT2D eigenvalue weighted by Crippen LogP contribution is -2.38. The Labute approximate surface area is 165 Å². The number of anilines is 1. The highest BCUT2D eigenvalue weighted by Gasteiger charge is 2.14. The molecular formula is C22H30F2N4. The molecule has 4 nitrogen and oxygen atoms in total. The molecule has 1 aromatic rings. The van der Waals surface area contributed by atoms with Gasteiger partial charge in [-0.2, -0.15) is 0 Å². The molecule has 1 heterocycles. The van der Waals surface area contributed by atoms with Gasteiger partial charge < -0.3 is 22.1 Å². The molecule has 0 unspecified atom stereocenters. The summed E-state index contributed by atoms with van der Waals surface area (Å²) in [6.45, 7) is 7.72. The first kappa shape index (κ1) is 21.7. The molecule has 152 valence electrons. The van der Waals surface area contributed by atoms with Crippen molar-refractivity contribution in [2.45, 2.75) is 38.7 Å². The van der Waals surface area contributed by atoms with Crippen LogP contribution in [-0.2, 0) is 0 Å². The molecule has 0 radical (unpaired) electrons. The van der Waals surface area contributed by atoms with Crippen molar-refractivity contribution in [1.29, 1.82) is 0 Å². The van der Waals surface area contributed by atoms with Crippen molar-refractivity contribution in [3.63, 3.8) is 0 Å². The fourth-order valence-electron chi connectivity index (χ4n) is 3.31. The molecule has 6 heteroatoms. The summed E-state index contributed by atoms with van der Waals surface area (Å²) >= 11 is 0. The van der Waals surface area contributed by atoms with E-state index in [2.05, 4.69) is 17.2 Å². The number of rotatable bonds is 7. The van der Waals surface area contributed by atoms with E-state index in [-0.39, 0.29) is 0 Å². The number of nitrogens with two attached hydrogens (primary N) is 2. The van der Waals surface area contributed by atoms with Crippen molar-refractivity contribution in [3.8, 4) is 0 Å². The Bertz CT molecular complexity index is 850. The van der Waals surface area contributed by atoms with E-state index in [0.717, 1.165) is 53.2 Å². The van der Waals surface area contributed by atoms with Gasteiger partial charge in [0, 0.05) is 23.1 Å². The average Bonchev–Trinajstić information content (AvgIpc) is 2.69. The Hall–Kier alpha value is -2.60. The second kappa shape index (κ2) is 10.7. The zero-order chi connectivity index (χ0) is 20.5. The smallest absolute Gasteiger partial charge is 0.277 e. The van der Waals surface area contributed by atoms with Crippen molar-refractivity contribution in [3.05, 3.63) is 58.6 Å². The SMILES string of the molecule is C=C/C=c1/cc(/C(=C/C=C(\N)C(F)F)CC)cc(NC2CCNCC2)/c1=C/N. The van der Waals surface area contributed by atoms with Crippen molar-refractivity contribution < 1.29 is 8.78 Å². The zero-order valence-electron chi connectivity index (χ0n) is 16.3. The number of nitrogens with one attached hydrogen (secondary N) is 2. The molecule has 0 amide bonds. The summed E-state index contributed by atoms with van der Waals surface area (Å²) < 4.78 is 25.4. The highest BCUT2D eigenvalue weighted by atomic mass is 19.3. The summed E-state index contributed by atoms with van der Waals surface area (Å²) in [6.07, 6.45) is 8.21. The number of allylic oxidation sites excluding steroid dienone is 5. The third-order valence-electron chi connectivity index (χ3n) is 4.86. The normalized spacial score (nSPS) is 18.0. The Morgan fingerprint density at radius 1 is 1.32 bits per heavy atom. The van der Waals surface area contributed by atoms with Crippen LogP contribution in [0.5, 0.6) is 0 Å². The molecule has 0 aliphatic carbocycles. The predicted octanol–water partition coefficient (Wildman–Crippen LogP) is 2.41. The summed E-state index contributed by atoms with van der Waals surface area (Å²) in [6, 6.07) is 4.38. The summed E-state index contributed by atoms with van der Waals surface area (Å²) in [4.78, 5) is 0. The number of hydrogen-bond acceptors (Lipinski definition) is 4. The summed E-state index contributed by atoms with van der Waals surface area (Å²) in [5.74, 6) is 0. The minimum absolute atomic E-state index is 0.357. The molecule has 0 spiro atoms. The van der Waals surface area contributed by atoms with Gasteiger partial charge in [-0.05, 0) is 66.9 Å². The molecule has 1 aliphatic heterocycles. The molecule has 0 atom stereocenters. The van der Waals surface area contributed by atoms with Gasteiger partial charge in [-0.25, -0.2) is 8.78 Å². The second-order valence-corrected chi connectivity index (χ2v) is 6.78. The van der Waals surface area contributed by atoms with Crippen LogP contribution in [0, 0.1) is 0 Å². The first-order valence-electron chi connectivity index (χ1n) is 9.60. The van der Waals surface area contributed by atoms with E-state index in [1.165, 1.54) is 6.08 Å². The van der Waals surface area contributed by atoms with Gasteiger partial charge in [0.1, 0.15) is 0 Å². The fourth-order valence-corrected chi connectivity index (χ4v) is 3.31. The predicted molar refractivity (Wildman–Crippen MR) is 115 cm³/mol. The number of halogens is 2. The summed E-state index contributed by atoms with van der Waals surface area (Å²) in [5.41, 5.74) is 13.7. The molecule has 1 aromatic carbocycles. The standard InChI is InChI=1S/C22H30F2N4/c1-3-5-16-12-17(15(4-2)6-7-20(26)22(23)24)13-21(19(16)14-25)28-18-8-10-27-11-9-18/h3,5-7,12-14,18,22,27-28H,1,4,8-11,25-26H2,2H3/b15-6+,16-5-,19-14+,20-7-. The number of benzene rings is 1. The molecule has 1 aliphatic rings. The largest absolute Gasteiger partial charge is 0.404 e. The second-order valence-electron chi connectivity index (χ2n) is 6.78. The van der Waals surface area contributed by atoms with E-state index in [0.29, 0.717) is 12.5 Å². The highest BCUT2D eigenvalue weighted by molar-refractivity contribution is 5.71. The molecule has 1 fully saturated rings. The number of piperidine rings is 1. The fraction of sp³-hybridized carbons (Fsp3) is 0.364. The maximum absolute atomic E-state index is 12.7. The number of hydrogen-bond donors (Lipinski definition) is 4. The van der Waals surface area contributed by atoms with E-state index in [9.17, 15) is 8.78 Å². The quantitative estimate of drug-likeness (QED) is 0.541. The Morgan fingerprint density at radius 2 is 2.04 bits per heavy atom. The van der Waals surface area contributed by atoms with Gasteiger partial charge in [-0.15, -0.1) is 0 Å². The van der Waals surface area contributed by atoms with Crippen molar-refractivity contribution in [1.82, 2.24) is 5.32 Å². The van der Waals surface area contributed by atoms with Crippen LogP contribution >= 0.6 is 0 Å². The van der Waals surface area contributed by atoms with Crippen LogP contribution in [-0.4, -0.2) is 25.6 Å². The van der Waals surface area contributed by atoms with Gasteiger partial charge in [0.2, 0.25) is 0 Å². The van der Waals surface area contributed by atoms with Crippen molar-refractivity contribution in [2.75, 3.05) is 18.4 Å². The van der Waals surface area contributed by atoms with Gasteiger partial charge in [0.05, 0.1) is 5.70 Å². The average molecular weight is 389 g/mol. The topological polar surface area (TPSA) is 76.1 Å². The van der Waals surface area contributed by atoms with Gasteiger partial charge in [0.15, 0.2) is 0 Å². The van der Waals surface area contributed by atoms with Crippen LogP contribution in [0.25, 0.3) is 17.8 Å². The molecule has 0 saturated carbocycles. The first-order valence-corrected chi connectivity index (χ1v) is 9.60. The maximum Gasteiger partial charge on any atom is 0.277 e. The summed E-state index contributed by atoms with van der Waals surface area (Å²) in [5, 5.41) is 8.79. The van der Waals surface area contributed by atoms with Crippen LogP contribution in [0.2, 0.25) is 0 Å². The van der Waals surface area contributed by atoms with E-state index >= 15 is 0 Å². The Balaban J connectivity index is 2.54. The minimum atomic E-state index is -2.66. The van der Waals surface area contributed by atoms with Crippen LogP contribution in [0.1, 0.15) is 31.7 Å². The molecular weight excluding hydrogens is 358 g/mol. The van der Waals surface area contributed by atoms with Crippen molar-refractivity contribution in [2.24, 2.45) is 11.5 Å². The van der Waals surface area contributed by atoms with E-state index in [1.807, 2.05) is 25.1 Å². The molecule has 1 saturated heterocycles. The van der Waals surface area contributed by atoms with Gasteiger partial charge in [-0.1, -0.05) is 31.7 Å². The summed E-state index contributed by atoms with van der Waals surface area (Å²) in [7, 11) is 0. The van der Waals surface area contributed by atoms with Gasteiger partial charge >= 0.3 is 0 Å². The highest BCUT2D eigenvalue weighted by Crippen LogP contribution is 2.20. The van der Waals surface area contributed by atoms with Crippen LogP contribution in [0.4, 0.5) is 14.5 Å². The molecule has 2 rings (SSSR count). The maximum atomic E-state index is 12.7. The first-order chi connectivity index (χ1) is 13.5. The van der Waals surface area contributed by atoms with Crippen LogP contribution < -0.4 is 32.5 Å². The lowest BCUT2D eigenvalue weighted by atomic mass is 9.98. The molecule has 28 heavy (non-hydrogen) atoms. The van der Waals surface area contributed by atoms with E-state index < -0.39 is 12.1 Å². The van der Waals surface area contributed by atoms with Crippen LogP contribution in [0.15, 0.2) is 42.6 Å². The third-order valence-corrected chi connectivity index (χ3v) is 4.86. The van der Waals surface area contributed by atoms with Gasteiger partial charge in [0.25, 0.3) is 6.43 Å². The molecule has 0 aromatic heterocycles. The Kier molecular flexibility index (Phi) is 8.26. The number of alkyl halides is 2. The zero-order valence-corrected chi connectivity index (χ0v) is 16.3. The molecule has 6 N–H and O–H groups in total. The lowest BCUT2D eigenvalue weighted by molar-refractivity contribution is 0.188. The van der Waals surface area contributed by atoms with Crippen LogP contribution in [0.3, 0.4) is 0 Å². The minimum Gasteiger partial charge on any atom is -0.404 e.